The van der Waals surface area contributed by atoms with E-state index in [1.807, 2.05) is 0 Å². The predicted molar refractivity (Wildman–Crippen MR) is 147 cm³/mol. The van der Waals surface area contributed by atoms with Crippen molar-refractivity contribution in [1.82, 2.24) is 0 Å². The minimum Gasteiger partial charge on any atom is -0.0740 e. The van der Waals surface area contributed by atoms with Crippen LogP contribution in [0.2, 0.25) is 0 Å². The van der Waals surface area contributed by atoms with Gasteiger partial charge in [-0.25, -0.2) is 0 Å². The summed E-state index contributed by atoms with van der Waals surface area (Å²) in [6.45, 7) is 0. The lowest BCUT2D eigenvalue weighted by molar-refractivity contribution is 0.180. The summed E-state index contributed by atoms with van der Waals surface area (Å²) in [5.41, 5.74) is 10.3. The molecule has 0 unspecified atom stereocenters. The van der Waals surface area contributed by atoms with E-state index in [-0.39, 0.29) is 0 Å². The Balaban J connectivity index is 1.73. The Morgan fingerprint density at radius 1 is 0.303 bits per heavy atom. The molecule has 0 heterocycles. The third-order valence-corrected chi connectivity index (χ3v) is 14.5. The second-order valence-electron chi connectivity index (χ2n) is 9.57. The first-order valence-electron chi connectivity index (χ1n) is 11.1. The molecule has 0 nitrogen and oxygen atoms in total. The molecule has 4 aliphatic carbocycles. The van der Waals surface area contributed by atoms with Crippen LogP contribution in [0, 0.1) is 5.41 Å². The van der Waals surface area contributed by atoms with Crippen molar-refractivity contribution in [1.29, 1.82) is 0 Å². The highest BCUT2D eigenvalue weighted by molar-refractivity contribution is 9.11. The van der Waals surface area contributed by atoms with Crippen LogP contribution in [-0.4, -0.2) is 0 Å². The van der Waals surface area contributed by atoms with Crippen molar-refractivity contribution in [3.05, 3.63) is 142 Å². The molecule has 0 N–H and O–H groups in total. The Hall–Kier alpha value is -1.20. The first kappa shape index (κ1) is 20.0. The minimum atomic E-state index is -0.429. The molecule has 0 fully saturated rings. The van der Waals surface area contributed by atoms with Gasteiger partial charge in [0.1, 0.15) is 0 Å². The fourth-order valence-electron chi connectivity index (χ4n) is 7.96. The Kier molecular flexibility index (Phi) is 3.51. The summed E-state index contributed by atoms with van der Waals surface area (Å²) in [5.74, 6) is 0. The van der Waals surface area contributed by atoms with Gasteiger partial charge in [-0.05, 0) is 44.5 Å². The monoisotopic (exact) mass is 680 g/mol. The molecular formula is C29H16Br4. The van der Waals surface area contributed by atoms with Gasteiger partial charge in [0.15, 0.2) is 0 Å². The van der Waals surface area contributed by atoms with Crippen LogP contribution in [0.15, 0.2) is 97.1 Å². The van der Waals surface area contributed by atoms with Crippen molar-refractivity contribution in [3.63, 3.8) is 0 Å². The summed E-state index contributed by atoms with van der Waals surface area (Å²) in [4.78, 5) is 0. The molecule has 0 bridgehead atoms. The molecule has 4 aliphatic rings. The van der Waals surface area contributed by atoms with Crippen LogP contribution in [-0.2, 0) is 17.3 Å². The quantitative estimate of drug-likeness (QED) is 0.163. The lowest BCUT2D eigenvalue weighted by Crippen LogP contribution is -2.56. The van der Waals surface area contributed by atoms with Gasteiger partial charge in [-0.2, -0.15) is 0 Å². The standard InChI is InChI=1S/C29H16Br4/c30-25-17-9-1-2-10-18(17)26(31)21-13-5-6-14-22(21)28(33)24-16-8-7-15-23(24)27(32,29(25,26)28)20-12-4-3-11-19(20)25/h1-16H. The molecule has 0 aliphatic heterocycles. The van der Waals surface area contributed by atoms with Crippen molar-refractivity contribution in [2.45, 2.75) is 17.3 Å². The summed E-state index contributed by atoms with van der Waals surface area (Å²) < 4.78 is -1.72. The molecule has 0 atom stereocenters. The van der Waals surface area contributed by atoms with E-state index in [0.717, 1.165) is 0 Å². The predicted octanol–water partition coefficient (Wildman–Crippen LogP) is 8.58. The van der Waals surface area contributed by atoms with Crippen molar-refractivity contribution >= 4 is 63.7 Å². The van der Waals surface area contributed by atoms with Crippen molar-refractivity contribution in [2.24, 2.45) is 5.41 Å². The molecule has 0 aromatic heterocycles. The molecule has 4 aromatic rings. The van der Waals surface area contributed by atoms with Gasteiger partial charge in [0.05, 0.1) is 22.7 Å². The number of hydrogen-bond donors (Lipinski definition) is 0. The lowest BCUT2D eigenvalue weighted by Gasteiger charge is -2.52. The van der Waals surface area contributed by atoms with Gasteiger partial charge in [0.2, 0.25) is 0 Å². The van der Waals surface area contributed by atoms with Crippen LogP contribution < -0.4 is 0 Å². The van der Waals surface area contributed by atoms with Gasteiger partial charge in [0, 0.05) is 0 Å². The van der Waals surface area contributed by atoms with Crippen LogP contribution in [0.4, 0.5) is 0 Å². The summed E-state index contributed by atoms with van der Waals surface area (Å²) in [5, 5.41) is 0. The zero-order chi connectivity index (χ0) is 22.4. The average Bonchev–Trinajstić information content (AvgIpc) is 3.35. The number of alkyl halides is 4. The Labute approximate surface area is 226 Å². The maximum atomic E-state index is 4.52. The van der Waals surface area contributed by atoms with Gasteiger partial charge >= 0.3 is 0 Å². The highest BCUT2D eigenvalue weighted by Crippen LogP contribution is 2.94. The van der Waals surface area contributed by atoms with Crippen LogP contribution in [0.5, 0.6) is 0 Å². The normalized spacial score (nSPS) is 37.7. The number of benzene rings is 4. The van der Waals surface area contributed by atoms with Gasteiger partial charge in [-0.1, -0.05) is 161 Å². The van der Waals surface area contributed by atoms with Crippen LogP contribution in [0.3, 0.4) is 0 Å². The van der Waals surface area contributed by atoms with E-state index in [0.29, 0.717) is 0 Å². The summed E-state index contributed by atoms with van der Waals surface area (Å²) in [7, 11) is 0. The second kappa shape index (κ2) is 5.78. The first-order chi connectivity index (χ1) is 15.9. The van der Waals surface area contributed by atoms with E-state index < -0.39 is 22.7 Å². The van der Waals surface area contributed by atoms with Gasteiger partial charge in [-0.3, -0.25) is 0 Å². The first-order valence-corrected chi connectivity index (χ1v) is 14.2. The molecule has 4 heteroatoms. The molecule has 0 saturated carbocycles. The number of hydrogen-bond acceptors (Lipinski definition) is 0. The van der Waals surface area contributed by atoms with Crippen LogP contribution in [0.1, 0.15) is 44.5 Å². The summed E-state index contributed by atoms with van der Waals surface area (Å²) in [6, 6.07) is 35.9. The number of rotatable bonds is 0. The highest BCUT2D eigenvalue weighted by Gasteiger charge is 2.92. The Bertz CT molecular complexity index is 1220. The molecule has 1 spiro atoms. The molecule has 33 heavy (non-hydrogen) atoms. The second-order valence-corrected chi connectivity index (χ2v) is 14.3. The molecule has 0 amide bonds. The maximum Gasteiger partial charge on any atom is 0.0877 e. The van der Waals surface area contributed by atoms with Crippen LogP contribution in [0.25, 0.3) is 0 Å². The van der Waals surface area contributed by atoms with E-state index in [2.05, 4.69) is 161 Å². The zero-order valence-corrected chi connectivity index (χ0v) is 23.6. The van der Waals surface area contributed by atoms with Crippen molar-refractivity contribution < 1.29 is 0 Å². The van der Waals surface area contributed by atoms with Gasteiger partial charge < -0.3 is 0 Å². The Morgan fingerprint density at radius 3 is 0.606 bits per heavy atom. The van der Waals surface area contributed by atoms with Crippen molar-refractivity contribution in [2.75, 3.05) is 0 Å². The third kappa shape index (κ3) is 1.59. The molecule has 8 rings (SSSR count). The van der Waals surface area contributed by atoms with E-state index in [1.54, 1.807) is 0 Å². The lowest BCUT2D eigenvalue weighted by atomic mass is 9.63. The van der Waals surface area contributed by atoms with E-state index in [9.17, 15) is 0 Å². The zero-order valence-electron chi connectivity index (χ0n) is 17.2. The molecule has 160 valence electrons. The van der Waals surface area contributed by atoms with Gasteiger partial charge in [0.25, 0.3) is 0 Å². The van der Waals surface area contributed by atoms with E-state index in [1.165, 1.54) is 44.5 Å². The fourth-order valence-corrected chi connectivity index (χ4v) is 15.9. The maximum absolute atomic E-state index is 4.52. The smallest absolute Gasteiger partial charge is 0.0740 e. The molecule has 0 radical (unpaired) electrons. The number of fused-ring (bicyclic) bond motifs is 12. The van der Waals surface area contributed by atoms with Crippen LogP contribution >= 0.6 is 63.7 Å². The van der Waals surface area contributed by atoms with E-state index >= 15 is 0 Å². The number of halogens is 4. The Morgan fingerprint density at radius 2 is 0.455 bits per heavy atom. The molecule has 0 saturated heterocycles. The average molecular weight is 684 g/mol. The molecular weight excluding hydrogens is 668 g/mol. The van der Waals surface area contributed by atoms with Gasteiger partial charge in [-0.15, -0.1) is 0 Å². The summed E-state index contributed by atoms with van der Waals surface area (Å²) >= 11 is 18.1. The highest BCUT2D eigenvalue weighted by atomic mass is 79.9. The minimum absolute atomic E-state index is 0.402. The summed E-state index contributed by atoms with van der Waals surface area (Å²) in [6.07, 6.45) is 0. The van der Waals surface area contributed by atoms with E-state index in [4.69, 9.17) is 0 Å². The molecule has 4 aromatic carbocycles. The topological polar surface area (TPSA) is 0 Å². The fraction of sp³-hybridized carbons (Fsp3) is 0.172. The SMILES string of the molecule is BrC12c3ccccc3C3(Br)c4ccccc4C4(Br)c5ccccc5C(Br)(c5ccccc51)C234. The van der Waals surface area contributed by atoms with Crippen molar-refractivity contribution in [3.8, 4) is 0 Å². The third-order valence-electron chi connectivity index (χ3n) is 8.74. The largest absolute Gasteiger partial charge is 0.0877 e.